The fraction of sp³-hybridized carbons (Fsp3) is 0.515. The molecule has 39 heavy (non-hydrogen) atoms. The molecule has 4 saturated carbocycles. The molecule has 6 nitrogen and oxygen atoms in total. The van der Waals surface area contributed by atoms with Gasteiger partial charge in [-0.05, 0) is 99.5 Å². The van der Waals surface area contributed by atoms with Gasteiger partial charge in [-0.2, -0.15) is 0 Å². The second-order valence-corrected chi connectivity index (χ2v) is 12.0. The Hall–Kier alpha value is -3.28. The molecule has 0 aliphatic heterocycles. The van der Waals surface area contributed by atoms with Crippen molar-refractivity contribution in [3.8, 4) is 11.5 Å². The van der Waals surface area contributed by atoms with E-state index in [9.17, 15) is 4.79 Å². The van der Waals surface area contributed by atoms with Crippen molar-refractivity contribution in [1.29, 1.82) is 0 Å². The van der Waals surface area contributed by atoms with E-state index in [-0.39, 0.29) is 5.41 Å². The second-order valence-electron chi connectivity index (χ2n) is 12.0. The average molecular weight is 528 g/mol. The molecule has 0 atom stereocenters. The molecule has 0 unspecified atom stereocenters. The number of benzene rings is 2. The molecule has 4 bridgehead atoms. The maximum Gasteiger partial charge on any atom is 0.226 e. The maximum atomic E-state index is 13.4. The molecule has 4 aliphatic carbocycles. The van der Waals surface area contributed by atoms with Crippen molar-refractivity contribution in [1.82, 2.24) is 14.9 Å². The number of para-hydroxylation sites is 2. The van der Waals surface area contributed by atoms with Crippen molar-refractivity contribution in [3.05, 3.63) is 59.9 Å². The number of nitrogens with zero attached hydrogens (tertiary/aromatic N) is 2. The summed E-state index contributed by atoms with van der Waals surface area (Å²) in [5.74, 6) is 5.16. The van der Waals surface area contributed by atoms with Gasteiger partial charge in [0.1, 0.15) is 5.82 Å². The minimum atomic E-state index is -0.0989. The minimum absolute atomic E-state index is 0.0989. The van der Waals surface area contributed by atoms with Gasteiger partial charge in [0.25, 0.3) is 0 Å². The molecule has 1 N–H and O–H groups in total. The Balaban J connectivity index is 1.07. The molecule has 4 aliphatic rings. The number of hydrogen-bond acceptors (Lipinski definition) is 4. The Bertz CT molecular complexity index is 1320. The molecule has 6 heteroatoms. The van der Waals surface area contributed by atoms with Crippen molar-refractivity contribution in [2.75, 3.05) is 20.3 Å². The number of hydrogen-bond donors (Lipinski definition) is 1. The highest BCUT2D eigenvalue weighted by molar-refractivity contribution is 5.83. The van der Waals surface area contributed by atoms with Crippen molar-refractivity contribution >= 4 is 23.0 Å². The number of carbonyl (C=O) groups is 1. The van der Waals surface area contributed by atoms with E-state index < -0.39 is 0 Å². The highest BCUT2D eigenvalue weighted by Crippen LogP contribution is 2.60. The first-order valence-electron chi connectivity index (χ1n) is 14.7. The van der Waals surface area contributed by atoms with Gasteiger partial charge in [0.05, 0.1) is 24.8 Å². The Morgan fingerprint density at radius 3 is 2.54 bits per heavy atom. The predicted octanol–water partition coefficient (Wildman–Crippen LogP) is 6.42. The maximum absolute atomic E-state index is 13.4. The SMILES string of the molecule is C/C=C/c1ccc(OCCCn2c(CCNC(=O)C34CC5CC(CC(C5)C3)C4)nc3ccccc32)c(OC)c1. The van der Waals surface area contributed by atoms with Gasteiger partial charge in [0, 0.05) is 24.9 Å². The molecule has 0 spiro atoms. The predicted molar refractivity (Wildman–Crippen MR) is 155 cm³/mol. The normalized spacial score (nSPS) is 25.4. The number of amides is 1. The van der Waals surface area contributed by atoms with Crippen molar-refractivity contribution in [2.45, 2.75) is 64.8 Å². The van der Waals surface area contributed by atoms with Crippen LogP contribution in [0.2, 0.25) is 0 Å². The Morgan fingerprint density at radius 1 is 1.08 bits per heavy atom. The van der Waals surface area contributed by atoms with E-state index in [2.05, 4.69) is 28.1 Å². The lowest BCUT2D eigenvalue weighted by Crippen LogP contribution is -2.53. The Labute approximate surface area is 231 Å². The fourth-order valence-corrected chi connectivity index (χ4v) is 7.93. The third kappa shape index (κ3) is 5.30. The molecule has 1 amide bonds. The van der Waals surface area contributed by atoms with Crippen LogP contribution in [0.15, 0.2) is 48.5 Å². The lowest BCUT2D eigenvalue weighted by molar-refractivity contribution is -0.146. The first-order valence-corrected chi connectivity index (χ1v) is 14.7. The number of ether oxygens (including phenoxy) is 2. The first-order chi connectivity index (χ1) is 19.1. The minimum Gasteiger partial charge on any atom is -0.493 e. The topological polar surface area (TPSA) is 65.4 Å². The van der Waals surface area contributed by atoms with Crippen LogP contribution in [-0.4, -0.2) is 35.7 Å². The quantitative estimate of drug-likeness (QED) is 0.292. The van der Waals surface area contributed by atoms with Crippen LogP contribution < -0.4 is 14.8 Å². The van der Waals surface area contributed by atoms with E-state index in [1.54, 1.807) is 7.11 Å². The summed E-state index contributed by atoms with van der Waals surface area (Å²) in [4.78, 5) is 18.4. The lowest BCUT2D eigenvalue weighted by Gasteiger charge is -2.55. The highest BCUT2D eigenvalue weighted by Gasteiger charge is 2.54. The van der Waals surface area contributed by atoms with Gasteiger partial charge in [-0.1, -0.05) is 30.4 Å². The van der Waals surface area contributed by atoms with Crippen LogP contribution in [0.3, 0.4) is 0 Å². The zero-order chi connectivity index (χ0) is 26.8. The fourth-order valence-electron chi connectivity index (χ4n) is 7.93. The van der Waals surface area contributed by atoms with E-state index in [0.29, 0.717) is 19.1 Å². The van der Waals surface area contributed by atoms with Crippen LogP contribution in [-0.2, 0) is 17.8 Å². The summed E-state index contributed by atoms with van der Waals surface area (Å²) in [7, 11) is 1.67. The Morgan fingerprint density at radius 2 is 1.82 bits per heavy atom. The summed E-state index contributed by atoms with van der Waals surface area (Å²) in [6, 6.07) is 14.3. The highest BCUT2D eigenvalue weighted by atomic mass is 16.5. The van der Waals surface area contributed by atoms with Crippen LogP contribution in [0.25, 0.3) is 17.1 Å². The van der Waals surface area contributed by atoms with Gasteiger partial charge in [0.2, 0.25) is 5.91 Å². The lowest BCUT2D eigenvalue weighted by atomic mass is 9.49. The molecule has 1 aromatic heterocycles. The third-order valence-electron chi connectivity index (χ3n) is 9.22. The van der Waals surface area contributed by atoms with Crippen LogP contribution >= 0.6 is 0 Å². The van der Waals surface area contributed by atoms with E-state index in [0.717, 1.165) is 90.3 Å². The number of fused-ring (bicyclic) bond motifs is 1. The van der Waals surface area contributed by atoms with Crippen LogP contribution in [0.5, 0.6) is 11.5 Å². The summed E-state index contributed by atoms with van der Waals surface area (Å²) in [6.07, 6.45) is 13.0. The number of rotatable bonds is 11. The van der Waals surface area contributed by atoms with Crippen molar-refractivity contribution in [3.63, 3.8) is 0 Å². The number of imidazole rings is 1. The van der Waals surface area contributed by atoms with Crippen LogP contribution in [0.1, 0.15) is 63.3 Å². The molecule has 0 saturated heterocycles. The molecule has 3 aromatic rings. The number of aromatic nitrogens is 2. The van der Waals surface area contributed by atoms with E-state index in [1.807, 2.05) is 43.3 Å². The Kier molecular flexibility index (Phi) is 7.37. The number of aryl methyl sites for hydroxylation is 1. The van der Waals surface area contributed by atoms with Gasteiger partial charge in [-0.3, -0.25) is 4.79 Å². The number of nitrogens with one attached hydrogen (secondary N) is 1. The van der Waals surface area contributed by atoms with E-state index in [1.165, 1.54) is 19.3 Å². The standard InChI is InChI=1S/C33H41N3O3/c1-3-7-23-10-11-29(30(19-23)38-2)39-15-6-14-36-28-9-5-4-8-27(28)35-31(36)12-13-34-32(37)33-20-24-16-25(21-33)18-26(17-24)22-33/h3-5,7-11,19,24-26H,6,12-18,20-22H2,1-2H3,(H,34,37)/b7-3+. The average Bonchev–Trinajstić information content (AvgIpc) is 3.28. The van der Waals surface area contributed by atoms with Crippen molar-refractivity contribution in [2.24, 2.45) is 23.2 Å². The third-order valence-corrected chi connectivity index (χ3v) is 9.22. The zero-order valence-corrected chi connectivity index (χ0v) is 23.3. The molecular weight excluding hydrogens is 486 g/mol. The van der Waals surface area contributed by atoms with E-state index >= 15 is 0 Å². The zero-order valence-electron chi connectivity index (χ0n) is 23.3. The molecule has 0 radical (unpaired) electrons. The van der Waals surface area contributed by atoms with Crippen molar-refractivity contribution < 1.29 is 14.3 Å². The largest absolute Gasteiger partial charge is 0.493 e. The second kappa shape index (κ2) is 11.1. The molecule has 4 fully saturated rings. The number of carbonyl (C=O) groups excluding carboxylic acids is 1. The van der Waals surface area contributed by atoms with E-state index in [4.69, 9.17) is 14.5 Å². The molecular formula is C33H41N3O3. The summed E-state index contributed by atoms with van der Waals surface area (Å²) in [5, 5.41) is 3.34. The number of methoxy groups -OCH3 is 1. The smallest absolute Gasteiger partial charge is 0.226 e. The van der Waals surface area contributed by atoms with Gasteiger partial charge >= 0.3 is 0 Å². The first kappa shape index (κ1) is 26.0. The van der Waals surface area contributed by atoms with Crippen LogP contribution in [0.4, 0.5) is 0 Å². The molecule has 7 rings (SSSR count). The van der Waals surface area contributed by atoms with Gasteiger partial charge in [-0.25, -0.2) is 4.98 Å². The van der Waals surface area contributed by atoms with Crippen LogP contribution in [0, 0.1) is 23.2 Å². The monoisotopic (exact) mass is 527 g/mol. The van der Waals surface area contributed by atoms with Gasteiger partial charge in [0.15, 0.2) is 11.5 Å². The summed E-state index contributed by atoms with van der Waals surface area (Å²) in [6.45, 7) is 4.02. The summed E-state index contributed by atoms with van der Waals surface area (Å²) in [5.41, 5.74) is 3.12. The molecule has 1 heterocycles. The summed E-state index contributed by atoms with van der Waals surface area (Å²) >= 11 is 0. The van der Waals surface area contributed by atoms with Gasteiger partial charge in [-0.15, -0.1) is 0 Å². The molecule has 2 aromatic carbocycles. The molecule has 206 valence electrons. The summed E-state index contributed by atoms with van der Waals surface area (Å²) < 4.78 is 13.9. The number of allylic oxidation sites excluding steroid dienone is 1. The van der Waals surface area contributed by atoms with Gasteiger partial charge < -0.3 is 19.4 Å².